The van der Waals surface area contributed by atoms with E-state index in [1.165, 1.54) is 11.8 Å². The lowest BCUT2D eigenvalue weighted by molar-refractivity contribution is -0.159. The maximum Gasteiger partial charge on any atom is 0.334 e. The Morgan fingerprint density at radius 2 is 1.48 bits per heavy atom. The highest BCUT2D eigenvalue weighted by molar-refractivity contribution is 8.04. The average Bonchev–Trinajstić information content (AvgIpc) is 2.87. The van der Waals surface area contributed by atoms with Crippen LogP contribution in [0.4, 0.5) is 0 Å². The molecule has 2 aromatic carbocycles. The second-order valence-corrected chi connectivity index (χ2v) is 8.62. The summed E-state index contributed by atoms with van der Waals surface area (Å²) in [6.45, 7) is 3.92. The van der Waals surface area contributed by atoms with Crippen LogP contribution in [0.5, 0.6) is 0 Å². The summed E-state index contributed by atoms with van der Waals surface area (Å²) in [5.74, 6) is -1.07. The molecule has 0 fully saturated rings. The number of carbonyl (C=O) groups is 2. The van der Waals surface area contributed by atoms with Gasteiger partial charge in [-0.1, -0.05) is 54.2 Å². The van der Waals surface area contributed by atoms with Crippen molar-refractivity contribution < 1.29 is 19.1 Å². The number of ether oxygens (including phenoxy) is 2. The van der Waals surface area contributed by atoms with Gasteiger partial charge in [0.05, 0.1) is 13.2 Å². The Morgan fingerprint density at radius 3 is 2.07 bits per heavy atom. The minimum absolute atomic E-state index is 0.0730. The van der Waals surface area contributed by atoms with E-state index >= 15 is 0 Å². The Kier molecular flexibility index (Phi) is 6.50. The van der Waals surface area contributed by atoms with Crippen LogP contribution in [0.2, 0.25) is 0 Å². The van der Waals surface area contributed by atoms with E-state index in [1.54, 1.807) is 25.6 Å². The molecule has 3 rings (SSSR count). The minimum Gasteiger partial charge on any atom is -0.465 e. The third kappa shape index (κ3) is 4.17. The molecule has 1 aliphatic rings. The van der Waals surface area contributed by atoms with E-state index in [4.69, 9.17) is 9.47 Å². The van der Waals surface area contributed by atoms with Crippen LogP contribution in [-0.4, -0.2) is 29.9 Å². The van der Waals surface area contributed by atoms with Crippen LogP contribution >= 0.6 is 23.5 Å². The lowest BCUT2D eigenvalue weighted by atomic mass is 9.97. The summed E-state index contributed by atoms with van der Waals surface area (Å²) in [6.07, 6.45) is 0.304. The Morgan fingerprint density at radius 1 is 0.926 bits per heavy atom. The van der Waals surface area contributed by atoms with Gasteiger partial charge in [0.15, 0.2) is 0 Å². The molecule has 1 atom stereocenters. The van der Waals surface area contributed by atoms with Crippen LogP contribution in [0.25, 0.3) is 0 Å². The molecule has 0 radical (unpaired) electrons. The van der Waals surface area contributed by atoms with Gasteiger partial charge in [0.1, 0.15) is 0 Å². The van der Waals surface area contributed by atoms with Gasteiger partial charge in [0.2, 0.25) is 4.75 Å². The highest BCUT2D eigenvalue weighted by atomic mass is 32.2. The Hall–Kier alpha value is -1.92. The molecule has 0 bridgehead atoms. The number of esters is 2. The summed E-state index contributed by atoms with van der Waals surface area (Å²) < 4.78 is 9.25. The van der Waals surface area contributed by atoms with Gasteiger partial charge in [0, 0.05) is 21.5 Å². The van der Waals surface area contributed by atoms with E-state index in [1.807, 2.05) is 54.6 Å². The molecule has 6 heteroatoms. The van der Waals surface area contributed by atoms with Crippen LogP contribution in [0.3, 0.4) is 0 Å². The number of rotatable bonds is 5. The standard InChI is InChI=1S/C21H22O4S2/c1-3-24-19(22)21(20(23)25-4-2)14-18(15-10-6-5-7-11-15)26-16-12-8-9-13-17(16)27-21/h5-13,18H,3-4,14H2,1-2H3. The van der Waals surface area contributed by atoms with Crippen molar-refractivity contribution in [2.75, 3.05) is 13.2 Å². The van der Waals surface area contributed by atoms with Crippen LogP contribution in [0.15, 0.2) is 64.4 Å². The van der Waals surface area contributed by atoms with Gasteiger partial charge in [-0.2, -0.15) is 0 Å². The summed E-state index contributed by atoms with van der Waals surface area (Å²) in [6, 6.07) is 17.8. The Bertz CT molecular complexity index is 789. The maximum atomic E-state index is 13.0. The first-order valence-corrected chi connectivity index (χ1v) is 10.6. The predicted octanol–water partition coefficient (Wildman–Crippen LogP) is 4.88. The lowest BCUT2D eigenvalue weighted by Gasteiger charge is -2.29. The summed E-state index contributed by atoms with van der Waals surface area (Å²) in [5.41, 5.74) is 1.07. The molecule has 0 saturated heterocycles. The van der Waals surface area contributed by atoms with Crippen LogP contribution in [0.1, 0.15) is 31.1 Å². The molecule has 1 unspecified atom stereocenters. The van der Waals surface area contributed by atoms with Gasteiger partial charge < -0.3 is 9.47 Å². The lowest BCUT2D eigenvalue weighted by Crippen LogP contribution is -2.46. The fraction of sp³-hybridized carbons (Fsp3) is 0.333. The zero-order chi connectivity index (χ0) is 19.3. The molecule has 0 aromatic heterocycles. The van der Waals surface area contributed by atoms with Crippen molar-refractivity contribution in [1.82, 2.24) is 0 Å². The van der Waals surface area contributed by atoms with E-state index in [9.17, 15) is 9.59 Å². The van der Waals surface area contributed by atoms with Crippen LogP contribution < -0.4 is 0 Å². The summed E-state index contributed by atoms with van der Waals surface area (Å²) in [7, 11) is 0. The van der Waals surface area contributed by atoms with Crippen molar-refractivity contribution in [3.8, 4) is 0 Å². The number of benzene rings is 2. The van der Waals surface area contributed by atoms with Crippen molar-refractivity contribution >= 4 is 35.5 Å². The first-order valence-electron chi connectivity index (χ1n) is 8.94. The Labute approximate surface area is 168 Å². The molecule has 142 valence electrons. The molecular formula is C21H22O4S2. The fourth-order valence-corrected chi connectivity index (χ4v) is 5.87. The normalized spacial score (nSPS) is 18.1. The molecule has 0 N–H and O–H groups in total. The largest absolute Gasteiger partial charge is 0.465 e. The number of fused-ring (bicyclic) bond motifs is 1. The van der Waals surface area contributed by atoms with Crippen molar-refractivity contribution in [2.45, 2.75) is 40.1 Å². The summed E-state index contributed by atoms with van der Waals surface area (Å²) in [5, 5.41) is -0.0730. The third-order valence-electron chi connectivity index (χ3n) is 4.26. The number of hydrogen-bond donors (Lipinski definition) is 0. The number of hydrogen-bond acceptors (Lipinski definition) is 6. The van der Waals surface area contributed by atoms with Gasteiger partial charge in [-0.15, -0.1) is 11.8 Å². The van der Waals surface area contributed by atoms with Gasteiger partial charge in [0.25, 0.3) is 0 Å². The molecule has 4 nitrogen and oxygen atoms in total. The van der Waals surface area contributed by atoms with Crippen LogP contribution in [-0.2, 0) is 19.1 Å². The predicted molar refractivity (Wildman–Crippen MR) is 108 cm³/mol. The molecule has 0 spiro atoms. The number of thioether (sulfide) groups is 2. The van der Waals surface area contributed by atoms with E-state index < -0.39 is 16.7 Å². The van der Waals surface area contributed by atoms with Gasteiger partial charge >= 0.3 is 11.9 Å². The SMILES string of the molecule is CCOC(=O)C1(C(=O)OCC)CC(c2ccccc2)Sc2ccccc2S1. The van der Waals surface area contributed by atoms with Crippen molar-refractivity contribution in [3.63, 3.8) is 0 Å². The molecular weight excluding hydrogens is 380 g/mol. The smallest absolute Gasteiger partial charge is 0.334 e. The van der Waals surface area contributed by atoms with E-state index in [0.717, 1.165) is 15.4 Å². The zero-order valence-electron chi connectivity index (χ0n) is 15.3. The summed E-state index contributed by atoms with van der Waals surface area (Å²) >= 11 is 2.92. The summed E-state index contributed by atoms with van der Waals surface area (Å²) in [4.78, 5) is 28.0. The molecule has 0 saturated carbocycles. The van der Waals surface area contributed by atoms with Crippen molar-refractivity contribution in [1.29, 1.82) is 0 Å². The molecule has 0 aliphatic carbocycles. The highest BCUT2D eigenvalue weighted by Crippen LogP contribution is 2.54. The monoisotopic (exact) mass is 402 g/mol. The fourth-order valence-electron chi connectivity index (χ4n) is 3.00. The minimum atomic E-state index is -1.42. The molecule has 2 aromatic rings. The second-order valence-electron chi connectivity index (χ2n) is 6.04. The number of carbonyl (C=O) groups excluding carboxylic acids is 2. The van der Waals surface area contributed by atoms with E-state index in [2.05, 4.69) is 0 Å². The third-order valence-corrected chi connectivity index (χ3v) is 7.14. The Balaban J connectivity index is 2.12. The van der Waals surface area contributed by atoms with Gasteiger partial charge in [-0.25, -0.2) is 9.59 Å². The highest BCUT2D eigenvalue weighted by Gasteiger charge is 2.53. The van der Waals surface area contributed by atoms with Crippen LogP contribution in [0, 0.1) is 0 Å². The molecule has 0 amide bonds. The van der Waals surface area contributed by atoms with E-state index in [0.29, 0.717) is 6.42 Å². The second kappa shape index (κ2) is 8.85. The average molecular weight is 403 g/mol. The molecule has 1 aliphatic heterocycles. The van der Waals surface area contributed by atoms with Gasteiger partial charge in [-0.3, -0.25) is 0 Å². The first kappa shape index (κ1) is 19.8. The molecule has 1 heterocycles. The quantitative estimate of drug-likeness (QED) is 0.525. The van der Waals surface area contributed by atoms with Gasteiger partial charge in [-0.05, 0) is 31.5 Å². The van der Waals surface area contributed by atoms with Crippen molar-refractivity contribution in [3.05, 3.63) is 60.2 Å². The maximum absolute atomic E-state index is 13.0. The zero-order valence-corrected chi connectivity index (χ0v) is 17.0. The first-order chi connectivity index (χ1) is 13.1. The topological polar surface area (TPSA) is 52.6 Å². The molecule has 27 heavy (non-hydrogen) atoms. The van der Waals surface area contributed by atoms with E-state index in [-0.39, 0.29) is 18.5 Å². The van der Waals surface area contributed by atoms with Crippen molar-refractivity contribution in [2.24, 2.45) is 0 Å².